The third-order valence-corrected chi connectivity index (χ3v) is 4.02. The van der Waals surface area contributed by atoms with Crippen molar-refractivity contribution in [3.05, 3.63) is 35.9 Å². The number of ether oxygens (including phenoxy) is 1. The van der Waals surface area contributed by atoms with E-state index in [9.17, 15) is 0 Å². The number of hydrogen-bond acceptors (Lipinski definition) is 2. The number of rotatable bonds is 3. The highest BCUT2D eigenvalue weighted by Crippen LogP contribution is 2.27. The Hall–Kier alpha value is -0.570. The number of nitrogens with zero attached hydrogens (tertiary/aromatic N) is 1. The summed E-state index contributed by atoms with van der Waals surface area (Å²) in [6.07, 6.45) is 3.55. The van der Waals surface area contributed by atoms with Gasteiger partial charge in [-0.2, -0.15) is 0 Å². The van der Waals surface area contributed by atoms with Gasteiger partial charge in [0.2, 0.25) is 0 Å². The van der Waals surface area contributed by atoms with E-state index in [1.165, 1.54) is 24.9 Å². The van der Waals surface area contributed by atoms with Gasteiger partial charge in [0, 0.05) is 19.6 Å². The molecule has 0 aromatic heterocycles. The van der Waals surface area contributed by atoms with Crippen LogP contribution >= 0.6 is 12.4 Å². The number of halogens is 1. The SMILES string of the molecule is CC(CN1CC2CCC(C1)O2)c1ccccc1.Cl. The van der Waals surface area contributed by atoms with Crippen molar-refractivity contribution in [3.63, 3.8) is 0 Å². The summed E-state index contributed by atoms with van der Waals surface area (Å²) in [6, 6.07) is 10.8. The second-order valence-electron chi connectivity index (χ2n) is 5.49. The summed E-state index contributed by atoms with van der Waals surface area (Å²) in [5, 5.41) is 0. The minimum Gasteiger partial charge on any atom is -0.372 e. The molecule has 0 N–H and O–H groups in total. The summed E-state index contributed by atoms with van der Waals surface area (Å²) < 4.78 is 5.87. The summed E-state index contributed by atoms with van der Waals surface area (Å²) >= 11 is 0. The smallest absolute Gasteiger partial charge is 0.0707 e. The van der Waals surface area contributed by atoms with Crippen molar-refractivity contribution in [1.82, 2.24) is 4.90 Å². The summed E-state index contributed by atoms with van der Waals surface area (Å²) in [5.41, 5.74) is 1.45. The topological polar surface area (TPSA) is 12.5 Å². The Bertz CT molecular complexity index is 358. The molecular weight excluding hydrogens is 246 g/mol. The van der Waals surface area contributed by atoms with Gasteiger partial charge in [-0.3, -0.25) is 4.90 Å². The Labute approximate surface area is 116 Å². The monoisotopic (exact) mass is 267 g/mol. The second kappa shape index (κ2) is 6.05. The predicted octanol–water partition coefficient (Wildman–Crippen LogP) is 3.08. The Kier molecular flexibility index (Phi) is 4.66. The van der Waals surface area contributed by atoms with Gasteiger partial charge >= 0.3 is 0 Å². The second-order valence-corrected chi connectivity index (χ2v) is 5.49. The Morgan fingerprint density at radius 1 is 1.17 bits per heavy atom. The minimum atomic E-state index is 0. The molecule has 2 aliphatic rings. The van der Waals surface area contributed by atoms with E-state index in [1.807, 2.05) is 0 Å². The Morgan fingerprint density at radius 3 is 2.39 bits per heavy atom. The van der Waals surface area contributed by atoms with Gasteiger partial charge in [0.05, 0.1) is 12.2 Å². The maximum atomic E-state index is 5.87. The van der Waals surface area contributed by atoms with Gasteiger partial charge in [0.1, 0.15) is 0 Å². The molecule has 3 heteroatoms. The van der Waals surface area contributed by atoms with Crippen molar-refractivity contribution in [2.24, 2.45) is 0 Å². The zero-order valence-corrected chi connectivity index (χ0v) is 11.7. The standard InChI is InChI=1S/C15H21NO.ClH/c1-12(13-5-3-2-4-6-13)9-16-10-14-7-8-15(11-16)17-14;/h2-6,12,14-15H,7-11H2,1H3;1H. The third kappa shape index (κ3) is 3.05. The zero-order chi connectivity index (χ0) is 11.7. The first kappa shape index (κ1) is 13.9. The lowest BCUT2D eigenvalue weighted by atomic mass is 10.0. The lowest BCUT2D eigenvalue weighted by molar-refractivity contribution is -0.0394. The highest BCUT2D eigenvalue weighted by molar-refractivity contribution is 5.85. The molecule has 2 bridgehead atoms. The van der Waals surface area contributed by atoms with E-state index in [-0.39, 0.29) is 12.4 Å². The van der Waals surface area contributed by atoms with Gasteiger partial charge < -0.3 is 4.74 Å². The van der Waals surface area contributed by atoms with Crippen molar-refractivity contribution >= 4 is 12.4 Å². The van der Waals surface area contributed by atoms with Crippen LogP contribution in [-0.4, -0.2) is 36.7 Å². The maximum Gasteiger partial charge on any atom is 0.0707 e. The molecular formula is C15H22ClNO. The first-order chi connectivity index (χ1) is 8.31. The van der Waals surface area contributed by atoms with Crippen LogP contribution in [0.3, 0.4) is 0 Å². The van der Waals surface area contributed by atoms with E-state index in [1.54, 1.807) is 0 Å². The molecule has 18 heavy (non-hydrogen) atoms. The van der Waals surface area contributed by atoms with Crippen LogP contribution in [0.25, 0.3) is 0 Å². The normalized spacial score (nSPS) is 28.7. The Morgan fingerprint density at radius 2 is 1.78 bits per heavy atom. The van der Waals surface area contributed by atoms with Crippen LogP contribution in [0.1, 0.15) is 31.2 Å². The predicted molar refractivity (Wildman–Crippen MR) is 76.4 cm³/mol. The molecule has 0 aliphatic carbocycles. The lowest BCUT2D eigenvalue weighted by Gasteiger charge is -2.33. The number of likely N-dealkylation sites (tertiary alicyclic amines) is 1. The quantitative estimate of drug-likeness (QED) is 0.835. The van der Waals surface area contributed by atoms with E-state index >= 15 is 0 Å². The van der Waals surface area contributed by atoms with Crippen molar-refractivity contribution in [1.29, 1.82) is 0 Å². The number of morpholine rings is 1. The first-order valence-electron chi connectivity index (χ1n) is 6.74. The Balaban J connectivity index is 0.00000120. The first-order valence-corrected chi connectivity index (χ1v) is 6.74. The summed E-state index contributed by atoms with van der Waals surface area (Å²) in [7, 11) is 0. The number of fused-ring (bicyclic) bond motifs is 2. The molecule has 0 spiro atoms. The lowest BCUT2D eigenvalue weighted by Crippen LogP contribution is -2.43. The molecule has 3 unspecified atom stereocenters. The number of benzene rings is 1. The molecule has 1 aromatic carbocycles. The summed E-state index contributed by atoms with van der Waals surface area (Å²) in [5.74, 6) is 0.619. The van der Waals surface area contributed by atoms with Crippen LogP contribution in [0.4, 0.5) is 0 Å². The highest BCUT2D eigenvalue weighted by atomic mass is 35.5. The van der Waals surface area contributed by atoms with Gasteiger partial charge in [-0.15, -0.1) is 12.4 Å². The van der Waals surface area contributed by atoms with E-state index in [2.05, 4.69) is 42.2 Å². The summed E-state index contributed by atoms with van der Waals surface area (Å²) in [4.78, 5) is 2.59. The average molecular weight is 268 g/mol. The van der Waals surface area contributed by atoms with E-state index in [0.717, 1.165) is 13.1 Å². The van der Waals surface area contributed by atoms with Gasteiger partial charge in [0.15, 0.2) is 0 Å². The van der Waals surface area contributed by atoms with Gasteiger partial charge in [-0.1, -0.05) is 37.3 Å². The molecule has 2 nitrogen and oxygen atoms in total. The molecule has 1 aromatic rings. The van der Waals surface area contributed by atoms with E-state index in [4.69, 9.17) is 4.74 Å². The van der Waals surface area contributed by atoms with Crippen molar-refractivity contribution in [2.75, 3.05) is 19.6 Å². The van der Waals surface area contributed by atoms with Gasteiger partial charge in [-0.05, 0) is 24.3 Å². The van der Waals surface area contributed by atoms with Crippen LogP contribution in [0, 0.1) is 0 Å². The van der Waals surface area contributed by atoms with Gasteiger partial charge in [-0.25, -0.2) is 0 Å². The van der Waals surface area contributed by atoms with E-state index in [0.29, 0.717) is 18.1 Å². The number of hydrogen-bond donors (Lipinski definition) is 0. The fourth-order valence-electron chi connectivity index (χ4n) is 3.12. The maximum absolute atomic E-state index is 5.87. The highest BCUT2D eigenvalue weighted by Gasteiger charge is 2.33. The molecule has 3 atom stereocenters. The fourth-order valence-corrected chi connectivity index (χ4v) is 3.12. The molecule has 0 amide bonds. The third-order valence-electron chi connectivity index (χ3n) is 4.02. The van der Waals surface area contributed by atoms with E-state index < -0.39 is 0 Å². The molecule has 2 saturated heterocycles. The fraction of sp³-hybridized carbons (Fsp3) is 0.600. The molecule has 0 radical (unpaired) electrons. The minimum absolute atomic E-state index is 0. The van der Waals surface area contributed by atoms with Crippen LogP contribution in [-0.2, 0) is 4.74 Å². The van der Waals surface area contributed by atoms with Crippen molar-refractivity contribution in [2.45, 2.75) is 37.9 Å². The van der Waals surface area contributed by atoms with Gasteiger partial charge in [0.25, 0.3) is 0 Å². The molecule has 2 aliphatic heterocycles. The average Bonchev–Trinajstić information content (AvgIpc) is 2.70. The largest absolute Gasteiger partial charge is 0.372 e. The summed E-state index contributed by atoms with van der Waals surface area (Å²) in [6.45, 7) is 5.76. The van der Waals surface area contributed by atoms with Crippen LogP contribution in [0.5, 0.6) is 0 Å². The van der Waals surface area contributed by atoms with Crippen LogP contribution in [0.15, 0.2) is 30.3 Å². The van der Waals surface area contributed by atoms with Crippen LogP contribution in [0.2, 0.25) is 0 Å². The molecule has 2 heterocycles. The molecule has 3 rings (SSSR count). The molecule has 2 fully saturated rings. The molecule has 100 valence electrons. The van der Waals surface area contributed by atoms with Crippen LogP contribution < -0.4 is 0 Å². The van der Waals surface area contributed by atoms with Crippen molar-refractivity contribution in [3.8, 4) is 0 Å². The van der Waals surface area contributed by atoms with Crippen molar-refractivity contribution < 1.29 is 4.74 Å². The zero-order valence-electron chi connectivity index (χ0n) is 10.9. The molecule has 0 saturated carbocycles.